The molecule has 1 aromatic carbocycles. The van der Waals surface area contributed by atoms with Gasteiger partial charge in [0.25, 0.3) is 11.8 Å². The monoisotopic (exact) mass is 422 g/mol. The minimum absolute atomic E-state index is 0.0617. The van der Waals surface area contributed by atoms with E-state index in [1.807, 2.05) is 25.1 Å². The summed E-state index contributed by atoms with van der Waals surface area (Å²) in [5.74, 6) is -3.06. The number of carbonyl (C=O) groups is 2. The predicted octanol–water partition coefficient (Wildman–Crippen LogP) is 3.37. The second kappa shape index (κ2) is 7.18. The molecule has 2 aromatic heterocycles. The summed E-state index contributed by atoms with van der Waals surface area (Å²) >= 11 is 1.17. The number of rotatable bonds is 3. The molecule has 10 heteroatoms. The first kappa shape index (κ1) is 19.4. The van der Waals surface area contributed by atoms with E-state index in [2.05, 4.69) is 15.3 Å². The fraction of sp³-hybridized carbons (Fsp3) is 0.316. The quantitative estimate of drug-likeness (QED) is 0.680. The highest BCUT2D eigenvalue weighted by Gasteiger charge is 2.51. The molecule has 0 aliphatic carbocycles. The third kappa shape index (κ3) is 3.84. The van der Waals surface area contributed by atoms with Gasteiger partial charge in [0.05, 0.1) is 17.5 Å². The number of fused-ring (bicyclic) bond motifs is 1. The molecule has 6 nitrogen and oxygen atoms in total. The third-order valence-electron chi connectivity index (χ3n) is 5.02. The number of hydrogen-bond donors (Lipinski definition) is 2. The number of likely N-dealkylation sites (tertiary alicyclic amines) is 1. The molecule has 0 saturated carbocycles. The Hall–Kier alpha value is -2.88. The third-order valence-corrected chi connectivity index (χ3v) is 5.60. The number of carbonyl (C=O) groups excluding carboxylic acids is 2. The smallest absolute Gasteiger partial charge is 0.351 e. The van der Waals surface area contributed by atoms with Crippen LogP contribution in [0.4, 0.5) is 13.2 Å². The normalized spacial score (nSPS) is 19.7. The van der Waals surface area contributed by atoms with Crippen molar-refractivity contribution in [2.75, 3.05) is 13.1 Å². The standard InChI is InChI=1S/C19H17F3N4O2S/c1-10-2-3-11-5-14(24-13(11)4-10)18(28)26-6-12(19(20,21)22)15(7-26)25-17(27)16-8-29-9-23-16/h2-5,8-9,12,15,24H,6-7H2,1H3,(H,25,27)/t12-,15-/m1/s1. The van der Waals surface area contributed by atoms with E-state index in [1.54, 1.807) is 6.07 Å². The highest BCUT2D eigenvalue weighted by molar-refractivity contribution is 7.07. The number of H-pyrrole nitrogens is 1. The number of aryl methyl sites for hydroxylation is 1. The molecule has 29 heavy (non-hydrogen) atoms. The zero-order valence-electron chi connectivity index (χ0n) is 15.3. The number of benzene rings is 1. The molecule has 0 radical (unpaired) electrons. The molecular formula is C19H17F3N4O2S. The van der Waals surface area contributed by atoms with Crippen molar-refractivity contribution in [3.05, 3.63) is 52.1 Å². The van der Waals surface area contributed by atoms with Crippen LogP contribution in [-0.2, 0) is 0 Å². The van der Waals surface area contributed by atoms with Crippen LogP contribution >= 0.6 is 11.3 Å². The summed E-state index contributed by atoms with van der Waals surface area (Å²) < 4.78 is 40.6. The summed E-state index contributed by atoms with van der Waals surface area (Å²) in [4.78, 5) is 32.9. The Balaban J connectivity index is 1.55. The lowest BCUT2D eigenvalue weighted by molar-refractivity contribution is -0.174. The van der Waals surface area contributed by atoms with E-state index in [9.17, 15) is 22.8 Å². The van der Waals surface area contributed by atoms with E-state index >= 15 is 0 Å². The van der Waals surface area contributed by atoms with Gasteiger partial charge >= 0.3 is 6.18 Å². The summed E-state index contributed by atoms with van der Waals surface area (Å²) in [5, 5.41) is 4.65. The topological polar surface area (TPSA) is 78.1 Å². The van der Waals surface area contributed by atoms with Crippen LogP contribution in [0.15, 0.2) is 35.2 Å². The molecule has 0 bridgehead atoms. The summed E-state index contributed by atoms with van der Waals surface area (Å²) in [6.45, 7) is 1.16. The fourth-order valence-corrected chi connectivity index (χ4v) is 4.07. The van der Waals surface area contributed by atoms with Gasteiger partial charge in [-0.2, -0.15) is 13.2 Å². The highest BCUT2D eigenvalue weighted by Crippen LogP contribution is 2.34. The van der Waals surface area contributed by atoms with E-state index in [-0.39, 0.29) is 17.9 Å². The van der Waals surface area contributed by atoms with E-state index in [4.69, 9.17) is 0 Å². The van der Waals surface area contributed by atoms with E-state index in [0.717, 1.165) is 21.4 Å². The van der Waals surface area contributed by atoms with Gasteiger partial charge < -0.3 is 15.2 Å². The van der Waals surface area contributed by atoms with E-state index in [0.29, 0.717) is 0 Å². The number of alkyl halides is 3. The van der Waals surface area contributed by atoms with Crippen molar-refractivity contribution < 1.29 is 22.8 Å². The van der Waals surface area contributed by atoms with Gasteiger partial charge in [0.2, 0.25) is 0 Å². The minimum atomic E-state index is -4.55. The van der Waals surface area contributed by atoms with Crippen molar-refractivity contribution in [1.82, 2.24) is 20.2 Å². The zero-order chi connectivity index (χ0) is 20.8. The second-order valence-corrected chi connectivity index (χ2v) is 7.80. The van der Waals surface area contributed by atoms with Crippen molar-refractivity contribution in [2.45, 2.75) is 19.1 Å². The molecule has 3 aromatic rings. The summed E-state index contributed by atoms with van der Waals surface area (Å²) in [6, 6.07) is 5.99. The molecule has 1 aliphatic heterocycles. The molecule has 2 amide bonds. The van der Waals surface area contributed by atoms with Gasteiger partial charge in [0, 0.05) is 29.4 Å². The largest absolute Gasteiger partial charge is 0.395 e. The van der Waals surface area contributed by atoms with Crippen molar-refractivity contribution in [3.63, 3.8) is 0 Å². The Labute approximate surface area is 167 Å². The number of aromatic nitrogens is 2. The number of nitrogens with one attached hydrogen (secondary N) is 2. The Bertz CT molecular complexity index is 1060. The molecule has 2 atom stereocenters. The highest BCUT2D eigenvalue weighted by atomic mass is 32.1. The number of thiazole rings is 1. The maximum Gasteiger partial charge on any atom is 0.395 e. The first-order chi connectivity index (χ1) is 13.7. The Morgan fingerprint density at radius 2 is 2.07 bits per heavy atom. The lowest BCUT2D eigenvalue weighted by atomic mass is 10.0. The summed E-state index contributed by atoms with van der Waals surface area (Å²) in [7, 11) is 0. The molecule has 0 unspecified atom stereocenters. The molecule has 3 heterocycles. The maximum absolute atomic E-state index is 13.5. The number of hydrogen-bond acceptors (Lipinski definition) is 4. The Morgan fingerprint density at radius 1 is 1.28 bits per heavy atom. The van der Waals surface area contributed by atoms with Crippen LogP contribution in [0.5, 0.6) is 0 Å². The first-order valence-electron chi connectivity index (χ1n) is 8.87. The van der Waals surface area contributed by atoms with E-state index in [1.165, 1.54) is 22.2 Å². The first-order valence-corrected chi connectivity index (χ1v) is 9.81. The summed E-state index contributed by atoms with van der Waals surface area (Å²) in [6.07, 6.45) is -4.55. The number of amides is 2. The molecule has 2 N–H and O–H groups in total. The van der Waals surface area contributed by atoms with Crippen LogP contribution in [-0.4, -0.2) is 52.0 Å². The van der Waals surface area contributed by atoms with Gasteiger partial charge in [-0.15, -0.1) is 11.3 Å². The second-order valence-electron chi connectivity index (χ2n) is 7.09. The van der Waals surface area contributed by atoms with Crippen molar-refractivity contribution in [3.8, 4) is 0 Å². The van der Waals surface area contributed by atoms with Crippen LogP contribution in [0.1, 0.15) is 26.5 Å². The Kier molecular flexibility index (Phi) is 4.81. The van der Waals surface area contributed by atoms with Crippen molar-refractivity contribution in [2.24, 2.45) is 5.92 Å². The van der Waals surface area contributed by atoms with Crippen LogP contribution < -0.4 is 5.32 Å². The van der Waals surface area contributed by atoms with Crippen LogP contribution in [0, 0.1) is 12.8 Å². The predicted molar refractivity (Wildman–Crippen MR) is 102 cm³/mol. The fourth-order valence-electron chi connectivity index (χ4n) is 3.54. The Morgan fingerprint density at radius 3 is 2.76 bits per heavy atom. The zero-order valence-corrected chi connectivity index (χ0v) is 16.1. The summed E-state index contributed by atoms with van der Waals surface area (Å²) in [5.41, 5.74) is 3.46. The molecule has 0 spiro atoms. The van der Waals surface area contributed by atoms with Crippen LogP contribution in [0.3, 0.4) is 0 Å². The van der Waals surface area contributed by atoms with Gasteiger partial charge in [-0.25, -0.2) is 4.98 Å². The average Bonchev–Trinajstić information content (AvgIpc) is 3.39. The van der Waals surface area contributed by atoms with Gasteiger partial charge in [-0.3, -0.25) is 9.59 Å². The lowest BCUT2D eigenvalue weighted by Gasteiger charge is -2.21. The maximum atomic E-state index is 13.5. The van der Waals surface area contributed by atoms with E-state index < -0.39 is 36.5 Å². The average molecular weight is 422 g/mol. The SMILES string of the molecule is Cc1ccc2cc(C(=O)N3C[C@@H](C(F)(F)F)[C@H](NC(=O)c4cscn4)C3)[nH]c2c1. The van der Waals surface area contributed by atoms with Crippen LogP contribution in [0.2, 0.25) is 0 Å². The molecule has 4 rings (SSSR count). The molecule has 1 saturated heterocycles. The molecular weight excluding hydrogens is 405 g/mol. The molecule has 1 aliphatic rings. The molecule has 152 valence electrons. The van der Waals surface area contributed by atoms with Gasteiger partial charge in [-0.1, -0.05) is 12.1 Å². The number of aromatic amines is 1. The number of nitrogens with zero attached hydrogens (tertiary/aromatic N) is 2. The van der Waals surface area contributed by atoms with Gasteiger partial charge in [0.1, 0.15) is 11.4 Å². The number of halogens is 3. The van der Waals surface area contributed by atoms with Gasteiger partial charge in [0.15, 0.2) is 0 Å². The van der Waals surface area contributed by atoms with Gasteiger partial charge in [-0.05, 0) is 24.6 Å². The van der Waals surface area contributed by atoms with Crippen molar-refractivity contribution >= 4 is 34.1 Å². The molecule has 1 fully saturated rings. The lowest BCUT2D eigenvalue weighted by Crippen LogP contribution is -2.45. The van der Waals surface area contributed by atoms with Crippen molar-refractivity contribution in [1.29, 1.82) is 0 Å². The van der Waals surface area contributed by atoms with Crippen LogP contribution in [0.25, 0.3) is 10.9 Å². The minimum Gasteiger partial charge on any atom is -0.351 e.